The molecule has 0 atom stereocenters. The van der Waals surface area contributed by atoms with Gasteiger partial charge in [-0.3, -0.25) is 0 Å². The Labute approximate surface area is 125 Å². The topological polar surface area (TPSA) is 34.1 Å². The van der Waals surface area contributed by atoms with Crippen LogP contribution in [0.5, 0.6) is 0 Å². The predicted molar refractivity (Wildman–Crippen MR) is 84.6 cm³/mol. The second-order valence-corrected chi connectivity index (χ2v) is 9.14. The van der Waals surface area contributed by atoms with E-state index in [-0.39, 0.29) is 11.8 Å². The van der Waals surface area contributed by atoms with Gasteiger partial charge in [-0.1, -0.05) is 43.6 Å². The highest BCUT2D eigenvalue weighted by Gasteiger charge is 2.25. The Morgan fingerprint density at radius 2 is 1.37 bits per heavy atom. The van der Waals surface area contributed by atoms with Crippen LogP contribution in [-0.2, 0) is 9.84 Å². The summed E-state index contributed by atoms with van der Waals surface area (Å²) in [6.07, 6.45) is 0. The Hall–Kier alpha value is -0.350. The van der Waals surface area contributed by atoms with Gasteiger partial charge < -0.3 is 0 Å². The molecule has 0 aromatic heterocycles. The zero-order valence-electron chi connectivity index (χ0n) is 12.5. The number of benzene rings is 1. The van der Waals surface area contributed by atoms with E-state index in [9.17, 15) is 8.42 Å². The number of hydrogen-bond acceptors (Lipinski definition) is 2. The van der Waals surface area contributed by atoms with E-state index in [0.717, 1.165) is 15.6 Å². The highest BCUT2D eigenvalue weighted by Crippen LogP contribution is 2.35. The molecule has 0 fully saturated rings. The van der Waals surface area contributed by atoms with Gasteiger partial charge in [0.15, 0.2) is 9.84 Å². The lowest BCUT2D eigenvalue weighted by molar-refractivity contribution is 0.584. The van der Waals surface area contributed by atoms with E-state index in [1.807, 2.05) is 26.0 Å². The fourth-order valence-electron chi connectivity index (χ4n) is 1.98. The van der Waals surface area contributed by atoms with E-state index in [2.05, 4.69) is 29.8 Å². The minimum Gasteiger partial charge on any atom is -0.223 e. The SMILES string of the molecule is CC(C)c1cc(S(=O)(=O)C(C)C)c(C(C)C)cc1Br. The Kier molecular flexibility index (Phi) is 5.24. The molecule has 0 heterocycles. The van der Waals surface area contributed by atoms with E-state index in [1.165, 1.54) is 0 Å². The van der Waals surface area contributed by atoms with Crippen LogP contribution in [0.2, 0.25) is 0 Å². The van der Waals surface area contributed by atoms with Crippen molar-refractivity contribution in [3.05, 3.63) is 27.7 Å². The largest absolute Gasteiger partial charge is 0.223 e. The van der Waals surface area contributed by atoms with Crippen LogP contribution in [0.1, 0.15) is 64.5 Å². The van der Waals surface area contributed by atoms with Gasteiger partial charge >= 0.3 is 0 Å². The maximum atomic E-state index is 12.5. The molecule has 4 heteroatoms. The van der Waals surface area contributed by atoms with Gasteiger partial charge in [-0.15, -0.1) is 0 Å². The smallest absolute Gasteiger partial charge is 0.180 e. The van der Waals surface area contributed by atoms with Crippen molar-refractivity contribution in [1.29, 1.82) is 0 Å². The maximum absolute atomic E-state index is 12.5. The van der Waals surface area contributed by atoms with Crippen molar-refractivity contribution < 1.29 is 8.42 Å². The highest BCUT2D eigenvalue weighted by atomic mass is 79.9. The van der Waals surface area contributed by atoms with E-state index >= 15 is 0 Å². The first-order chi connectivity index (χ1) is 8.59. The minimum absolute atomic E-state index is 0.182. The summed E-state index contributed by atoms with van der Waals surface area (Å²) in [4.78, 5) is 0.490. The van der Waals surface area contributed by atoms with Gasteiger partial charge in [0, 0.05) is 4.47 Å². The van der Waals surface area contributed by atoms with Crippen LogP contribution in [0, 0.1) is 0 Å². The van der Waals surface area contributed by atoms with Crippen molar-refractivity contribution in [3.8, 4) is 0 Å². The molecule has 19 heavy (non-hydrogen) atoms. The molecule has 1 aromatic carbocycles. The fourth-order valence-corrected chi connectivity index (χ4v) is 4.22. The first-order valence-corrected chi connectivity index (χ1v) is 9.00. The van der Waals surface area contributed by atoms with Crippen molar-refractivity contribution in [2.24, 2.45) is 0 Å². The Balaban J connectivity index is 3.65. The summed E-state index contributed by atoms with van der Waals surface area (Å²) in [6.45, 7) is 11.7. The van der Waals surface area contributed by atoms with Crippen LogP contribution in [0.15, 0.2) is 21.5 Å². The van der Waals surface area contributed by atoms with Crippen LogP contribution in [-0.4, -0.2) is 13.7 Å². The zero-order chi connectivity index (χ0) is 15.0. The third-order valence-electron chi connectivity index (χ3n) is 3.30. The Morgan fingerprint density at radius 1 is 0.895 bits per heavy atom. The van der Waals surface area contributed by atoms with Crippen LogP contribution >= 0.6 is 15.9 Å². The molecule has 0 radical (unpaired) electrons. The van der Waals surface area contributed by atoms with Gasteiger partial charge in [-0.2, -0.15) is 0 Å². The molecule has 108 valence electrons. The molecule has 0 bridgehead atoms. The lowest BCUT2D eigenvalue weighted by atomic mass is 9.97. The highest BCUT2D eigenvalue weighted by molar-refractivity contribution is 9.10. The molecule has 0 aliphatic rings. The summed E-state index contributed by atoms with van der Waals surface area (Å²) >= 11 is 3.56. The van der Waals surface area contributed by atoms with Gasteiger partial charge in [0.1, 0.15) is 0 Å². The summed E-state index contributed by atoms with van der Waals surface area (Å²) in [5.41, 5.74) is 1.94. The second-order valence-electron chi connectivity index (χ2n) is 5.81. The monoisotopic (exact) mass is 346 g/mol. The molecule has 1 aromatic rings. The lowest BCUT2D eigenvalue weighted by Gasteiger charge is -2.19. The molecule has 0 saturated heterocycles. The normalized spacial score (nSPS) is 12.7. The summed E-state index contributed by atoms with van der Waals surface area (Å²) in [7, 11) is -3.25. The first kappa shape index (κ1) is 16.7. The van der Waals surface area contributed by atoms with E-state index in [0.29, 0.717) is 4.90 Å². The third-order valence-corrected chi connectivity index (χ3v) is 6.19. The van der Waals surface area contributed by atoms with E-state index < -0.39 is 15.1 Å². The van der Waals surface area contributed by atoms with Crippen LogP contribution in [0.25, 0.3) is 0 Å². The quantitative estimate of drug-likeness (QED) is 0.778. The number of sulfone groups is 1. The van der Waals surface area contributed by atoms with Crippen molar-refractivity contribution in [2.75, 3.05) is 0 Å². The molecule has 1 rings (SSSR count). The minimum atomic E-state index is -3.25. The summed E-state index contributed by atoms with van der Waals surface area (Å²) in [5, 5.41) is -0.397. The molecule has 0 unspecified atom stereocenters. The third kappa shape index (κ3) is 3.40. The maximum Gasteiger partial charge on any atom is 0.180 e. The van der Waals surface area contributed by atoms with E-state index in [4.69, 9.17) is 0 Å². The molecule has 0 amide bonds. The molecular weight excluding hydrogens is 324 g/mol. The number of halogens is 1. The van der Waals surface area contributed by atoms with Crippen molar-refractivity contribution in [2.45, 2.75) is 63.5 Å². The molecule has 0 N–H and O–H groups in total. The molecular formula is C15H23BrO2S. The van der Waals surface area contributed by atoms with Gasteiger partial charge in [0.05, 0.1) is 10.1 Å². The Bertz CT molecular complexity index is 558. The molecule has 0 spiro atoms. The summed E-state index contributed by atoms with van der Waals surface area (Å²) in [5.74, 6) is 0.470. The summed E-state index contributed by atoms with van der Waals surface area (Å²) in [6, 6.07) is 3.81. The van der Waals surface area contributed by atoms with E-state index in [1.54, 1.807) is 13.8 Å². The standard InChI is InChI=1S/C15H23BrO2S/c1-9(2)12-8-15(19(17,18)11(5)6)13(10(3)4)7-14(12)16/h7-11H,1-6H3. The van der Waals surface area contributed by atoms with Crippen molar-refractivity contribution in [3.63, 3.8) is 0 Å². The molecule has 0 aliphatic heterocycles. The molecule has 2 nitrogen and oxygen atoms in total. The first-order valence-electron chi connectivity index (χ1n) is 6.66. The van der Waals surface area contributed by atoms with Crippen molar-refractivity contribution in [1.82, 2.24) is 0 Å². The van der Waals surface area contributed by atoms with Gasteiger partial charge in [0.25, 0.3) is 0 Å². The molecule has 0 aliphatic carbocycles. The fraction of sp³-hybridized carbons (Fsp3) is 0.600. The number of hydrogen-bond donors (Lipinski definition) is 0. The average molecular weight is 347 g/mol. The predicted octanol–water partition coefficient (Wildman–Crippen LogP) is 4.88. The van der Waals surface area contributed by atoms with Gasteiger partial charge in [-0.25, -0.2) is 8.42 Å². The Morgan fingerprint density at radius 3 is 1.74 bits per heavy atom. The summed E-state index contributed by atoms with van der Waals surface area (Å²) < 4.78 is 26.1. The number of rotatable bonds is 4. The molecule has 0 saturated carbocycles. The van der Waals surface area contributed by atoms with Crippen molar-refractivity contribution >= 4 is 25.8 Å². The van der Waals surface area contributed by atoms with Gasteiger partial charge in [-0.05, 0) is 48.9 Å². The van der Waals surface area contributed by atoms with Crippen LogP contribution in [0.4, 0.5) is 0 Å². The van der Waals surface area contributed by atoms with Gasteiger partial charge in [0.2, 0.25) is 0 Å². The average Bonchev–Trinajstić information content (AvgIpc) is 2.27. The second kappa shape index (κ2) is 5.96. The zero-order valence-corrected chi connectivity index (χ0v) is 14.9. The lowest BCUT2D eigenvalue weighted by Crippen LogP contribution is -2.17. The van der Waals surface area contributed by atoms with Crippen LogP contribution in [0.3, 0.4) is 0 Å². The van der Waals surface area contributed by atoms with Crippen LogP contribution < -0.4 is 0 Å².